The number of carbonyl (C=O) groups excluding carboxylic acids is 2. The second-order valence-corrected chi connectivity index (χ2v) is 7.13. The lowest BCUT2D eigenvalue weighted by molar-refractivity contribution is 0.0843. The van der Waals surface area contributed by atoms with Crippen LogP contribution in [0.15, 0.2) is 41.3 Å². The number of benzene rings is 1. The van der Waals surface area contributed by atoms with Gasteiger partial charge in [0.05, 0.1) is 16.6 Å². The molecule has 0 bridgehead atoms. The first-order valence-electron chi connectivity index (χ1n) is 9.80. The van der Waals surface area contributed by atoms with Crippen molar-refractivity contribution in [3.63, 3.8) is 0 Å². The molecule has 0 saturated heterocycles. The average Bonchev–Trinajstić information content (AvgIpc) is 3.07. The van der Waals surface area contributed by atoms with Gasteiger partial charge in [-0.3, -0.25) is 29.9 Å². The van der Waals surface area contributed by atoms with Crippen LogP contribution in [0.5, 0.6) is 0 Å². The Kier molecular flexibility index (Phi) is 5.20. The topological polar surface area (TPSA) is 124 Å². The van der Waals surface area contributed by atoms with Gasteiger partial charge in [-0.1, -0.05) is 25.1 Å². The molecule has 10 heteroatoms. The predicted octanol–water partition coefficient (Wildman–Crippen LogP) is 1.47. The van der Waals surface area contributed by atoms with Gasteiger partial charge in [0.2, 0.25) is 0 Å². The van der Waals surface area contributed by atoms with E-state index in [1.807, 2.05) is 13.8 Å². The molecule has 1 aromatic carbocycles. The highest BCUT2D eigenvalue weighted by Crippen LogP contribution is 2.16. The Hall–Kier alpha value is -4.08. The first-order valence-corrected chi connectivity index (χ1v) is 9.80. The quantitative estimate of drug-likeness (QED) is 0.483. The zero-order valence-corrected chi connectivity index (χ0v) is 17.3. The summed E-state index contributed by atoms with van der Waals surface area (Å²) < 4.78 is 2.90. The van der Waals surface area contributed by atoms with Crippen molar-refractivity contribution < 1.29 is 9.59 Å². The maximum Gasteiger partial charge on any atom is 0.290 e. The van der Waals surface area contributed by atoms with Crippen molar-refractivity contribution >= 4 is 33.6 Å². The third-order valence-corrected chi connectivity index (χ3v) is 4.93. The van der Waals surface area contributed by atoms with Crippen LogP contribution in [0.4, 0.5) is 0 Å². The van der Waals surface area contributed by atoms with Crippen molar-refractivity contribution in [1.29, 1.82) is 0 Å². The van der Waals surface area contributed by atoms with Gasteiger partial charge in [-0.05, 0) is 25.5 Å². The van der Waals surface area contributed by atoms with E-state index >= 15 is 0 Å². The Bertz CT molecular complexity index is 1390. The van der Waals surface area contributed by atoms with Gasteiger partial charge in [-0.25, -0.2) is 9.67 Å². The molecule has 31 heavy (non-hydrogen) atoms. The molecule has 3 heterocycles. The molecule has 0 spiro atoms. The molecular formula is C21H21N7O3. The minimum Gasteiger partial charge on any atom is -0.267 e. The van der Waals surface area contributed by atoms with Crippen LogP contribution in [0.1, 0.15) is 39.9 Å². The lowest BCUT2D eigenvalue weighted by atomic mass is 10.1. The summed E-state index contributed by atoms with van der Waals surface area (Å²) in [5.41, 5.74) is 6.25. The largest absolute Gasteiger partial charge is 0.290 e. The number of hydrazine groups is 1. The fraction of sp³-hybridized carbons (Fsp3) is 0.238. The zero-order valence-electron chi connectivity index (χ0n) is 17.3. The van der Waals surface area contributed by atoms with Crippen molar-refractivity contribution in [3.8, 4) is 0 Å². The Balaban J connectivity index is 1.59. The third-order valence-electron chi connectivity index (χ3n) is 4.93. The fourth-order valence-electron chi connectivity index (χ4n) is 3.44. The fourth-order valence-corrected chi connectivity index (χ4v) is 3.44. The van der Waals surface area contributed by atoms with Crippen LogP contribution < -0.4 is 16.4 Å². The molecule has 4 aromatic rings. The number of aryl methyl sites for hydroxylation is 3. The molecular weight excluding hydrogens is 398 g/mol. The molecule has 2 N–H and O–H groups in total. The van der Waals surface area contributed by atoms with Gasteiger partial charge < -0.3 is 0 Å². The van der Waals surface area contributed by atoms with Crippen molar-refractivity contribution in [2.75, 3.05) is 0 Å². The summed E-state index contributed by atoms with van der Waals surface area (Å²) in [4.78, 5) is 42.2. The minimum absolute atomic E-state index is 0.0561. The summed E-state index contributed by atoms with van der Waals surface area (Å²) in [7, 11) is 1.78. The molecule has 0 atom stereocenters. The van der Waals surface area contributed by atoms with E-state index in [-0.39, 0.29) is 16.8 Å². The summed E-state index contributed by atoms with van der Waals surface area (Å²) in [5, 5.41) is 10.1. The van der Waals surface area contributed by atoms with Crippen LogP contribution in [0.2, 0.25) is 0 Å². The Morgan fingerprint density at radius 2 is 1.74 bits per heavy atom. The minimum atomic E-state index is -0.624. The summed E-state index contributed by atoms with van der Waals surface area (Å²) >= 11 is 0. The lowest BCUT2D eigenvalue weighted by Crippen LogP contribution is -2.42. The van der Waals surface area contributed by atoms with Crippen LogP contribution >= 0.6 is 0 Å². The Morgan fingerprint density at radius 3 is 2.48 bits per heavy atom. The van der Waals surface area contributed by atoms with E-state index in [0.717, 1.165) is 11.1 Å². The first kappa shape index (κ1) is 20.2. The first-order chi connectivity index (χ1) is 14.9. The van der Waals surface area contributed by atoms with Gasteiger partial charge in [0, 0.05) is 30.6 Å². The van der Waals surface area contributed by atoms with Crippen LogP contribution in [-0.4, -0.2) is 36.4 Å². The van der Waals surface area contributed by atoms with E-state index in [1.54, 1.807) is 42.1 Å². The number of aromatic nitrogens is 5. The van der Waals surface area contributed by atoms with Crippen molar-refractivity contribution in [3.05, 3.63) is 63.8 Å². The molecule has 4 rings (SSSR count). The van der Waals surface area contributed by atoms with Crippen LogP contribution in [0, 0.1) is 6.92 Å². The van der Waals surface area contributed by atoms with Crippen LogP contribution in [0.25, 0.3) is 21.8 Å². The van der Waals surface area contributed by atoms with Crippen LogP contribution in [-0.2, 0) is 13.6 Å². The standard InChI is InChI=1S/C21H21N7O3/c1-4-9-28-21(31)15-8-6-5-7-14(15)17(26-28)20(30)24-23-19(29)13-10-16-12(2)25-27(3)18(16)22-11-13/h5-8,10-11H,4,9H2,1-3H3,(H,23,29)(H,24,30). The third kappa shape index (κ3) is 3.63. The SMILES string of the molecule is CCCn1nc(C(=O)NNC(=O)c2cnc3c(c2)c(C)nn3C)c2ccccc2c1=O. The van der Waals surface area contributed by atoms with Gasteiger partial charge in [-0.15, -0.1) is 0 Å². The van der Waals surface area contributed by atoms with Crippen molar-refractivity contribution in [2.45, 2.75) is 26.8 Å². The molecule has 158 valence electrons. The number of hydrogen-bond acceptors (Lipinski definition) is 6. The maximum atomic E-state index is 12.8. The Labute approximate surface area is 176 Å². The highest BCUT2D eigenvalue weighted by Gasteiger charge is 2.18. The molecule has 0 aliphatic carbocycles. The van der Waals surface area contributed by atoms with Crippen LogP contribution in [0.3, 0.4) is 0 Å². The number of fused-ring (bicyclic) bond motifs is 2. The number of hydrogen-bond donors (Lipinski definition) is 2. The average molecular weight is 419 g/mol. The maximum absolute atomic E-state index is 12.8. The van der Waals surface area contributed by atoms with E-state index in [0.29, 0.717) is 29.4 Å². The summed E-state index contributed by atoms with van der Waals surface area (Å²) in [5.74, 6) is -1.15. The second-order valence-electron chi connectivity index (χ2n) is 7.13. The molecule has 0 fully saturated rings. The van der Waals surface area contributed by atoms with E-state index in [1.165, 1.54) is 10.9 Å². The monoisotopic (exact) mass is 419 g/mol. The Morgan fingerprint density at radius 1 is 1.03 bits per heavy atom. The second kappa shape index (κ2) is 7.98. The van der Waals surface area contributed by atoms with Gasteiger partial charge in [0.25, 0.3) is 17.4 Å². The molecule has 10 nitrogen and oxygen atoms in total. The summed E-state index contributed by atoms with van der Waals surface area (Å²) in [6.07, 6.45) is 2.10. The number of pyridine rings is 1. The lowest BCUT2D eigenvalue weighted by Gasteiger charge is -2.11. The van der Waals surface area contributed by atoms with Crippen molar-refractivity contribution in [2.24, 2.45) is 7.05 Å². The molecule has 2 amide bonds. The molecule has 0 saturated carbocycles. The number of amides is 2. The number of nitrogens with zero attached hydrogens (tertiary/aromatic N) is 5. The zero-order chi connectivity index (χ0) is 22.1. The number of nitrogens with one attached hydrogen (secondary N) is 2. The highest BCUT2D eigenvalue weighted by molar-refractivity contribution is 6.06. The van der Waals surface area contributed by atoms with Gasteiger partial charge in [0.15, 0.2) is 11.3 Å². The number of carbonyl (C=O) groups is 2. The summed E-state index contributed by atoms with van der Waals surface area (Å²) in [6.45, 7) is 4.13. The van der Waals surface area contributed by atoms with Crippen molar-refractivity contribution in [1.82, 2.24) is 35.4 Å². The van der Waals surface area contributed by atoms with E-state index < -0.39 is 11.8 Å². The highest BCUT2D eigenvalue weighted by atomic mass is 16.2. The van der Waals surface area contributed by atoms with Gasteiger partial charge >= 0.3 is 0 Å². The normalized spacial score (nSPS) is 11.1. The van der Waals surface area contributed by atoms with Gasteiger partial charge in [0.1, 0.15) is 0 Å². The van der Waals surface area contributed by atoms with Gasteiger partial charge in [-0.2, -0.15) is 10.2 Å². The van der Waals surface area contributed by atoms with E-state index in [2.05, 4.69) is 26.0 Å². The predicted molar refractivity (Wildman–Crippen MR) is 114 cm³/mol. The molecule has 0 radical (unpaired) electrons. The van der Waals surface area contributed by atoms with E-state index in [9.17, 15) is 14.4 Å². The molecule has 3 aromatic heterocycles. The molecule has 0 aliphatic heterocycles. The molecule has 0 unspecified atom stereocenters. The summed E-state index contributed by atoms with van der Waals surface area (Å²) in [6, 6.07) is 8.42. The number of rotatable bonds is 4. The molecule has 0 aliphatic rings. The smallest absolute Gasteiger partial charge is 0.267 e. The van der Waals surface area contributed by atoms with E-state index in [4.69, 9.17) is 0 Å².